The molecule has 232 valence electrons. The Morgan fingerprint density at radius 3 is 2.45 bits per heavy atom. The lowest BCUT2D eigenvalue weighted by molar-refractivity contribution is -0.137. The first-order valence-electron chi connectivity index (χ1n) is 14.5. The van der Waals surface area contributed by atoms with E-state index in [0.29, 0.717) is 34.9 Å². The van der Waals surface area contributed by atoms with Gasteiger partial charge in [-0.2, -0.15) is 13.2 Å². The minimum absolute atomic E-state index is 0.0216. The number of hydrogen-bond acceptors (Lipinski definition) is 7. The number of carbonyl (C=O) groups is 2. The van der Waals surface area contributed by atoms with E-state index in [1.807, 2.05) is 0 Å². The smallest absolute Gasteiger partial charge is 0.325 e. The molecule has 0 radical (unpaired) electrons. The van der Waals surface area contributed by atoms with Crippen molar-refractivity contribution in [1.82, 2.24) is 24.8 Å². The van der Waals surface area contributed by atoms with Crippen LogP contribution in [0.15, 0.2) is 42.7 Å². The minimum atomic E-state index is -4.58. The molecule has 4 N–H and O–H groups in total. The number of amides is 2. The molecule has 5 rings (SSSR count). The van der Waals surface area contributed by atoms with Gasteiger partial charge in [0.2, 0.25) is 5.91 Å². The lowest BCUT2D eigenvalue weighted by Crippen LogP contribution is -2.45. The minimum Gasteiger partial charge on any atom is -0.325 e. The Balaban J connectivity index is 1.28. The van der Waals surface area contributed by atoms with Gasteiger partial charge in [0, 0.05) is 56.1 Å². The van der Waals surface area contributed by atoms with Gasteiger partial charge in [-0.15, -0.1) is 0 Å². The van der Waals surface area contributed by atoms with Crippen molar-refractivity contribution in [1.29, 1.82) is 5.41 Å². The topological polar surface area (TPSA) is 130 Å². The zero-order valence-electron chi connectivity index (χ0n) is 24.6. The number of likely N-dealkylation sites (N-methyl/N-ethyl adjacent to an activating group) is 1. The average Bonchev–Trinajstić information content (AvgIpc) is 3.75. The highest BCUT2D eigenvalue weighted by Crippen LogP contribution is 2.33. The van der Waals surface area contributed by atoms with Gasteiger partial charge in [0.15, 0.2) is 0 Å². The number of aromatic amines is 1. The molecule has 1 saturated carbocycles. The van der Waals surface area contributed by atoms with E-state index >= 15 is 0 Å². The second-order valence-corrected chi connectivity index (χ2v) is 11.2. The summed E-state index contributed by atoms with van der Waals surface area (Å²) >= 11 is 0. The van der Waals surface area contributed by atoms with Crippen LogP contribution >= 0.6 is 0 Å². The first kappa shape index (κ1) is 31.1. The number of nitrogens with one attached hydrogen (secondary N) is 4. The average molecular weight is 609 g/mol. The number of aromatic nitrogens is 3. The van der Waals surface area contributed by atoms with Crippen molar-refractivity contribution in [2.24, 2.45) is 5.92 Å². The van der Waals surface area contributed by atoms with Crippen LogP contribution in [0.3, 0.4) is 0 Å². The number of hydrogen-bond donors (Lipinski definition) is 4. The van der Waals surface area contributed by atoms with E-state index in [1.54, 1.807) is 19.1 Å². The Hall–Kier alpha value is -4.36. The molecule has 0 unspecified atom stereocenters. The number of anilines is 2. The van der Waals surface area contributed by atoms with Crippen molar-refractivity contribution < 1.29 is 22.8 Å². The highest BCUT2D eigenvalue weighted by Gasteiger charge is 2.32. The maximum Gasteiger partial charge on any atom is 0.416 e. The Labute approximate surface area is 253 Å². The predicted octanol–water partition coefficient (Wildman–Crippen LogP) is 4.95. The number of allylic oxidation sites excluding steroid dienone is 1. The van der Waals surface area contributed by atoms with Crippen molar-refractivity contribution in [3.8, 4) is 0 Å². The van der Waals surface area contributed by atoms with E-state index in [-0.39, 0.29) is 28.9 Å². The van der Waals surface area contributed by atoms with E-state index in [2.05, 4.69) is 42.3 Å². The molecule has 2 amide bonds. The van der Waals surface area contributed by atoms with Crippen LogP contribution in [0.4, 0.5) is 24.7 Å². The summed E-state index contributed by atoms with van der Waals surface area (Å²) in [6.45, 7) is 8.30. The zero-order valence-corrected chi connectivity index (χ0v) is 24.6. The molecule has 10 nitrogen and oxygen atoms in total. The molecule has 1 aliphatic carbocycles. The third kappa shape index (κ3) is 7.97. The van der Waals surface area contributed by atoms with Gasteiger partial charge in [0.25, 0.3) is 5.91 Å². The summed E-state index contributed by atoms with van der Waals surface area (Å²) in [5.41, 5.74) is 0.731. The zero-order chi connectivity index (χ0) is 31.4. The van der Waals surface area contributed by atoms with Crippen molar-refractivity contribution in [3.63, 3.8) is 0 Å². The maximum absolute atomic E-state index is 13.8. The van der Waals surface area contributed by atoms with Gasteiger partial charge in [-0.3, -0.25) is 19.5 Å². The van der Waals surface area contributed by atoms with Crippen molar-refractivity contribution in [2.45, 2.75) is 39.4 Å². The van der Waals surface area contributed by atoms with Crippen LogP contribution in [0.25, 0.3) is 6.08 Å². The summed E-state index contributed by atoms with van der Waals surface area (Å²) in [4.78, 5) is 40.8. The summed E-state index contributed by atoms with van der Waals surface area (Å²) in [5, 5.41) is 13.9. The van der Waals surface area contributed by atoms with Gasteiger partial charge in [0.1, 0.15) is 17.3 Å². The second kappa shape index (κ2) is 13.1. The number of halogens is 3. The molecule has 3 heterocycles. The molecule has 1 aliphatic heterocycles. The third-order valence-corrected chi connectivity index (χ3v) is 7.73. The number of piperazine rings is 1. The van der Waals surface area contributed by atoms with E-state index in [0.717, 1.165) is 57.7 Å². The Kier molecular flexibility index (Phi) is 9.25. The van der Waals surface area contributed by atoms with E-state index in [1.165, 1.54) is 24.5 Å². The van der Waals surface area contributed by atoms with Crippen molar-refractivity contribution >= 4 is 35.1 Å². The summed E-state index contributed by atoms with van der Waals surface area (Å²) < 4.78 is 41.3. The molecule has 44 heavy (non-hydrogen) atoms. The molecule has 1 saturated heterocycles. The fourth-order valence-corrected chi connectivity index (χ4v) is 4.99. The van der Waals surface area contributed by atoms with E-state index < -0.39 is 17.6 Å². The standard InChI is InChI=1S/C31H35F3N8O2/c1-3-41-8-10-42(11-9-41)18-20-12-22(31(32,33)34)14-23(13-20)38-30(44)26-15-24(19(2)16-36-26)25(35)6-7-27-37-17-28(39-27)40-29(43)21-4-5-21/h6-7,12-17,21,35H,3-5,8-11,18H2,1-2H3,(H,37,39)(H,38,44)(H,40,43)/b7-6-,35-25?. The van der Waals surface area contributed by atoms with E-state index in [4.69, 9.17) is 5.41 Å². The summed E-state index contributed by atoms with van der Waals surface area (Å²) in [7, 11) is 0. The molecule has 0 bridgehead atoms. The number of alkyl halides is 3. The first-order valence-corrected chi connectivity index (χ1v) is 14.5. The number of H-pyrrole nitrogens is 1. The van der Waals surface area contributed by atoms with Gasteiger partial charge in [0.05, 0.1) is 17.5 Å². The molecule has 2 aromatic heterocycles. The number of benzene rings is 1. The fraction of sp³-hybridized carbons (Fsp3) is 0.387. The largest absolute Gasteiger partial charge is 0.416 e. The van der Waals surface area contributed by atoms with Crippen molar-refractivity contribution in [2.75, 3.05) is 43.4 Å². The predicted molar refractivity (Wildman–Crippen MR) is 162 cm³/mol. The normalized spacial score (nSPS) is 16.3. The van der Waals surface area contributed by atoms with Gasteiger partial charge in [-0.05, 0) is 73.9 Å². The molecule has 0 atom stereocenters. The lowest BCUT2D eigenvalue weighted by atomic mass is 10.0. The second-order valence-electron chi connectivity index (χ2n) is 11.2. The Bertz CT molecular complexity index is 1570. The van der Waals surface area contributed by atoms with E-state index in [9.17, 15) is 22.8 Å². The SMILES string of the molecule is CCN1CCN(Cc2cc(NC(=O)c3cc(C(=N)/C=C\c4ncc(NC(=O)C5CC5)[nH]4)c(C)cn3)cc(C(F)(F)F)c2)CC1. The quantitative estimate of drug-likeness (QED) is 0.241. The summed E-state index contributed by atoms with van der Waals surface area (Å²) in [5.74, 6) is 0.199. The number of imidazole rings is 1. The Morgan fingerprint density at radius 1 is 1.05 bits per heavy atom. The number of carbonyl (C=O) groups excluding carboxylic acids is 2. The monoisotopic (exact) mass is 608 g/mol. The number of pyridine rings is 1. The Morgan fingerprint density at radius 2 is 1.77 bits per heavy atom. The van der Waals surface area contributed by atoms with Crippen LogP contribution in [0.5, 0.6) is 0 Å². The van der Waals surface area contributed by atoms with Crippen LogP contribution in [-0.4, -0.2) is 75.0 Å². The molecule has 2 fully saturated rings. The lowest BCUT2D eigenvalue weighted by Gasteiger charge is -2.34. The molecule has 13 heteroatoms. The molecular formula is C31H35F3N8O2. The number of nitrogens with zero attached hydrogens (tertiary/aromatic N) is 4. The van der Waals surface area contributed by atoms with Gasteiger partial charge in [-0.1, -0.05) is 6.92 Å². The highest BCUT2D eigenvalue weighted by atomic mass is 19.4. The number of rotatable bonds is 10. The van der Waals surface area contributed by atoms with Crippen LogP contribution in [-0.2, 0) is 17.5 Å². The molecule has 3 aromatic rings. The fourth-order valence-electron chi connectivity index (χ4n) is 4.99. The van der Waals surface area contributed by atoms with Crippen LogP contribution < -0.4 is 10.6 Å². The highest BCUT2D eigenvalue weighted by molar-refractivity contribution is 6.11. The number of aryl methyl sites for hydroxylation is 1. The summed E-state index contributed by atoms with van der Waals surface area (Å²) in [6.07, 6.45) is 3.19. The first-order chi connectivity index (χ1) is 21.0. The molecular weight excluding hydrogens is 573 g/mol. The van der Waals surface area contributed by atoms with Crippen molar-refractivity contribution in [3.05, 3.63) is 76.5 Å². The van der Waals surface area contributed by atoms with Crippen LogP contribution in [0.1, 0.15) is 58.3 Å². The van der Waals surface area contributed by atoms with Gasteiger partial charge >= 0.3 is 6.18 Å². The summed E-state index contributed by atoms with van der Waals surface area (Å²) in [6, 6.07) is 5.04. The third-order valence-electron chi connectivity index (χ3n) is 7.73. The van der Waals surface area contributed by atoms with Gasteiger partial charge in [-0.25, -0.2) is 4.98 Å². The molecule has 0 spiro atoms. The molecule has 1 aromatic carbocycles. The molecule has 2 aliphatic rings. The maximum atomic E-state index is 13.8. The van der Waals surface area contributed by atoms with Crippen LogP contribution in [0.2, 0.25) is 0 Å². The van der Waals surface area contributed by atoms with Crippen LogP contribution in [0, 0.1) is 18.3 Å². The van der Waals surface area contributed by atoms with Gasteiger partial charge < -0.3 is 25.9 Å².